The van der Waals surface area contributed by atoms with E-state index in [9.17, 15) is 18.0 Å². The Labute approximate surface area is 292 Å². The van der Waals surface area contributed by atoms with E-state index in [0.717, 1.165) is 21.0 Å². The molecule has 4 aromatic carbocycles. The summed E-state index contributed by atoms with van der Waals surface area (Å²) in [5.74, 6) is -0.762. The highest BCUT2D eigenvalue weighted by atomic mass is 35.5. The van der Waals surface area contributed by atoms with Crippen molar-refractivity contribution in [3.8, 4) is 0 Å². The minimum atomic E-state index is -4.25. The minimum absolute atomic E-state index is 0.0237. The van der Waals surface area contributed by atoms with Gasteiger partial charge in [0.25, 0.3) is 10.0 Å². The fourth-order valence-electron chi connectivity index (χ4n) is 4.95. The molecule has 248 valence electrons. The molecule has 4 rings (SSSR count). The van der Waals surface area contributed by atoms with E-state index in [1.165, 1.54) is 29.2 Å². The first-order chi connectivity index (χ1) is 22.3. The molecular formula is C36H38Cl3N3O4S. The predicted octanol–water partition coefficient (Wildman–Crippen LogP) is 7.87. The molecule has 0 aliphatic heterocycles. The average molecular weight is 715 g/mol. The zero-order chi connectivity index (χ0) is 34.3. The first-order valence-electron chi connectivity index (χ1n) is 15.2. The van der Waals surface area contributed by atoms with Crippen LogP contribution in [0.3, 0.4) is 0 Å². The van der Waals surface area contributed by atoms with E-state index < -0.39 is 28.5 Å². The molecule has 47 heavy (non-hydrogen) atoms. The number of nitrogens with zero attached hydrogens (tertiary/aromatic N) is 2. The molecule has 0 saturated carbocycles. The van der Waals surface area contributed by atoms with Crippen LogP contribution in [0.2, 0.25) is 15.1 Å². The monoisotopic (exact) mass is 713 g/mol. The van der Waals surface area contributed by atoms with Gasteiger partial charge in [-0.15, -0.1) is 0 Å². The van der Waals surface area contributed by atoms with E-state index in [1.54, 1.807) is 30.3 Å². The van der Waals surface area contributed by atoms with Crippen LogP contribution in [0.1, 0.15) is 36.1 Å². The lowest BCUT2D eigenvalue weighted by molar-refractivity contribution is -0.140. The highest BCUT2D eigenvalue weighted by Crippen LogP contribution is 2.28. The summed E-state index contributed by atoms with van der Waals surface area (Å²) in [6.07, 6.45) is 0.200. The SMILES string of the molecule is Cc1ccc(N(CC(=O)N(Cc2ccc(Cl)c(Cl)c2)[C@@H](Cc2ccccc2)C(=O)NCC(C)C)S(=O)(=O)c2ccc(Cl)cc2)cc1C. The van der Waals surface area contributed by atoms with Gasteiger partial charge in [-0.25, -0.2) is 8.42 Å². The number of sulfonamides is 1. The van der Waals surface area contributed by atoms with Gasteiger partial charge in [-0.05, 0) is 90.6 Å². The third kappa shape index (κ3) is 9.51. The summed E-state index contributed by atoms with van der Waals surface area (Å²) in [7, 11) is -4.25. The summed E-state index contributed by atoms with van der Waals surface area (Å²) in [6, 6.07) is 24.4. The number of hydrogen-bond donors (Lipinski definition) is 1. The topological polar surface area (TPSA) is 86.8 Å². The molecule has 2 amide bonds. The Kier molecular flexibility index (Phi) is 12.4. The number of amides is 2. The third-order valence-corrected chi connectivity index (χ3v) is 10.5. The van der Waals surface area contributed by atoms with Crippen LogP contribution in [0.25, 0.3) is 0 Å². The van der Waals surface area contributed by atoms with Crippen LogP contribution >= 0.6 is 34.8 Å². The summed E-state index contributed by atoms with van der Waals surface area (Å²) in [5.41, 5.74) is 3.60. The van der Waals surface area contributed by atoms with Crippen molar-refractivity contribution in [2.75, 3.05) is 17.4 Å². The van der Waals surface area contributed by atoms with E-state index in [1.807, 2.05) is 64.1 Å². The lowest BCUT2D eigenvalue weighted by Gasteiger charge is -2.34. The number of carbonyl (C=O) groups is 2. The number of nitrogens with one attached hydrogen (secondary N) is 1. The van der Waals surface area contributed by atoms with Crippen molar-refractivity contribution in [1.82, 2.24) is 10.2 Å². The molecule has 0 spiro atoms. The maximum atomic E-state index is 14.6. The molecule has 0 unspecified atom stereocenters. The van der Waals surface area contributed by atoms with Gasteiger partial charge in [0.1, 0.15) is 12.6 Å². The van der Waals surface area contributed by atoms with Gasteiger partial charge in [0, 0.05) is 24.5 Å². The largest absolute Gasteiger partial charge is 0.354 e. The van der Waals surface area contributed by atoms with Crippen molar-refractivity contribution >= 4 is 62.3 Å². The molecule has 11 heteroatoms. The van der Waals surface area contributed by atoms with Gasteiger partial charge in [-0.2, -0.15) is 0 Å². The van der Waals surface area contributed by atoms with Gasteiger partial charge in [0.2, 0.25) is 11.8 Å². The van der Waals surface area contributed by atoms with Crippen LogP contribution in [0.4, 0.5) is 5.69 Å². The summed E-state index contributed by atoms with van der Waals surface area (Å²) < 4.78 is 29.5. The smallest absolute Gasteiger partial charge is 0.264 e. The van der Waals surface area contributed by atoms with E-state index in [-0.39, 0.29) is 29.7 Å². The Morgan fingerprint density at radius 3 is 2.09 bits per heavy atom. The van der Waals surface area contributed by atoms with Gasteiger partial charge in [0.15, 0.2) is 0 Å². The quantitative estimate of drug-likeness (QED) is 0.153. The number of carbonyl (C=O) groups excluding carboxylic acids is 2. The Hall–Kier alpha value is -3.56. The van der Waals surface area contributed by atoms with Gasteiger partial charge < -0.3 is 10.2 Å². The lowest BCUT2D eigenvalue weighted by atomic mass is 10.0. The molecule has 0 bridgehead atoms. The lowest BCUT2D eigenvalue weighted by Crippen LogP contribution is -2.53. The number of anilines is 1. The van der Waals surface area contributed by atoms with Gasteiger partial charge in [-0.1, -0.05) is 91.1 Å². The Morgan fingerprint density at radius 1 is 0.787 bits per heavy atom. The molecule has 4 aromatic rings. The molecule has 0 heterocycles. The van der Waals surface area contributed by atoms with E-state index >= 15 is 0 Å². The van der Waals surface area contributed by atoms with Crippen LogP contribution in [0.5, 0.6) is 0 Å². The summed E-state index contributed by atoms with van der Waals surface area (Å²) in [6.45, 7) is 7.56. The number of hydrogen-bond acceptors (Lipinski definition) is 4. The molecule has 0 radical (unpaired) electrons. The van der Waals surface area contributed by atoms with Crippen molar-refractivity contribution < 1.29 is 18.0 Å². The number of aryl methyl sites for hydroxylation is 2. The number of benzene rings is 4. The second kappa shape index (κ2) is 16.0. The molecule has 0 aliphatic rings. The summed E-state index contributed by atoms with van der Waals surface area (Å²) >= 11 is 18.6. The Bertz CT molecular complexity index is 1820. The van der Waals surface area contributed by atoms with Crippen molar-refractivity contribution in [3.05, 3.63) is 128 Å². The maximum absolute atomic E-state index is 14.6. The first-order valence-corrected chi connectivity index (χ1v) is 17.7. The van der Waals surface area contributed by atoms with Crippen LogP contribution in [0, 0.1) is 19.8 Å². The van der Waals surface area contributed by atoms with Crippen LogP contribution in [-0.2, 0) is 32.6 Å². The Balaban J connectivity index is 1.83. The van der Waals surface area contributed by atoms with Gasteiger partial charge in [-0.3, -0.25) is 13.9 Å². The van der Waals surface area contributed by atoms with Crippen LogP contribution in [-0.4, -0.2) is 44.3 Å². The van der Waals surface area contributed by atoms with E-state index in [2.05, 4.69) is 5.32 Å². The molecule has 0 fully saturated rings. The Morgan fingerprint density at radius 2 is 1.47 bits per heavy atom. The van der Waals surface area contributed by atoms with E-state index in [4.69, 9.17) is 34.8 Å². The van der Waals surface area contributed by atoms with Crippen molar-refractivity contribution in [3.63, 3.8) is 0 Å². The van der Waals surface area contributed by atoms with Crippen molar-refractivity contribution in [2.45, 2.75) is 51.6 Å². The fraction of sp³-hybridized carbons (Fsp3) is 0.278. The highest BCUT2D eigenvalue weighted by molar-refractivity contribution is 7.92. The van der Waals surface area contributed by atoms with Crippen LogP contribution < -0.4 is 9.62 Å². The zero-order valence-electron chi connectivity index (χ0n) is 26.7. The summed E-state index contributed by atoms with van der Waals surface area (Å²) in [5, 5.41) is 4.00. The predicted molar refractivity (Wildman–Crippen MR) is 191 cm³/mol. The molecule has 0 saturated heterocycles. The normalized spacial score (nSPS) is 12.1. The molecule has 1 N–H and O–H groups in total. The highest BCUT2D eigenvalue weighted by Gasteiger charge is 2.35. The van der Waals surface area contributed by atoms with Crippen molar-refractivity contribution in [1.29, 1.82) is 0 Å². The average Bonchev–Trinajstić information content (AvgIpc) is 3.04. The van der Waals surface area contributed by atoms with Gasteiger partial charge >= 0.3 is 0 Å². The molecule has 0 aliphatic carbocycles. The summed E-state index contributed by atoms with van der Waals surface area (Å²) in [4.78, 5) is 29.9. The van der Waals surface area contributed by atoms with Crippen molar-refractivity contribution in [2.24, 2.45) is 5.92 Å². The first kappa shape index (κ1) is 36.3. The molecule has 7 nitrogen and oxygen atoms in total. The molecule has 0 aromatic heterocycles. The zero-order valence-corrected chi connectivity index (χ0v) is 29.8. The second-order valence-electron chi connectivity index (χ2n) is 11.8. The standard InChI is InChI=1S/C36H38Cl3N3O4S/c1-24(2)21-40-36(44)34(20-27-8-6-5-7-9-27)41(22-28-11-17-32(38)33(39)19-28)35(43)23-42(30-14-10-25(3)26(4)18-30)47(45,46)31-15-12-29(37)13-16-31/h5-19,24,34H,20-23H2,1-4H3,(H,40,44)/t34-/m0/s1. The maximum Gasteiger partial charge on any atom is 0.264 e. The van der Waals surface area contributed by atoms with Gasteiger partial charge in [0.05, 0.1) is 20.6 Å². The second-order valence-corrected chi connectivity index (χ2v) is 15.0. The molecular weight excluding hydrogens is 677 g/mol. The number of halogens is 3. The fourth-order valence-corrected chi connectivity index (χ4v) is 6.81. The number of rotatable bonds is 13. The third-order valence-electron chi connectivity index (χ3n) is 7.75. The van der Waals surface area contributed by atoms with Crippen LogP contribution in [0.15, 0.2) is 95.9 Å². The molecule has 1 atom stereocenters. The van der Waals surface area contributed by atoms with E-state index in [0.29, 0.717) is 32.9 Å². The minimum Gasteiger partial charge on any atom is -0.354 e.